The maximum Gasteiger partial charge on any atom is 0.339 e. The monoisotopic (exact) mass is 206 g/mol. The van der Waals surface area contributed by atoms with Crippen LogP contribution in [0.3, 0.4) is 0 Å². The van der Waals surface area contributed by atoms with Crippen LogP contribution in [0.4, 0.5) is 0 Å². The lowest BCUT2D eigenvalue weighted by molar-refractivity contribution is 0.487. The van der Waals surface area contributed by atoms with Gasteiger partial charge in [0.1, 0.15) is 5.76 Å². The van der Waals surface area contributed by atoms with Crippen LogP contribution in [0.1, 0.15) is 44.9 Å². The number of rotatable bonds is 4. The zero-order valence-corrected chi connectivity index (χ0v) is 9.67. The number of allylic oxidation sites excluding steroid dienone is 2. The minimum atomic E-state index is -0.192. The Bertz CT molecular complexity index is 399. The van der Waals surface area contributed by atoms with Crippen LogP contribution >= 0.6 is 0 Å². The van der Waals surface area contributed by atoms with E-state index in [9.17, 15) is 4.79 Å². The lowest BCUT2D eigenvalue weighted by atomic mass is 10.1. The molecule has 0 bridgehead atoms. The summed E-state index contributed by atoms with van der Waals surface area (Å²) in [5.41, 5.74) is 1.58. The van der Waals surface area contributed by atoms with Gasteiger partial charge in [-0.05, 0) is 44.4 Å². The van der Waals surface area contributed by atoms with E-state index >= 15 is 0 Å². The SMILES string of the molecule is CC=C(C)c1ccc(CCCC)c(=O)o1. The number of hydrogen-bond donors (Lipinski definition) is 0. The Morgan fingerprint density at radius 1 is 1.47 bits per heavy atom. The van der Waals surface area contributed by atoms with Crippen molar-refractivity contribution in [2.75, 3.05) is 0 Å². The normalized spacial score (nSPS) is 11.8. The number of unbranched alkanes of at least 4 members (excludes halogenated alkanes) is 1. The van der Waals surface area contributed by atoms with Crippen molar-refractivity contribution in [3.8, 4) is 0 Å². The van der Waals surface area contributed by atoms with Crippen molar-refractivity contribution < 1.29 is 4.42 Å². The molecule has 0 amide bonds. The van der Waals surface area contributed by atoms with Crippen LogP contribution in [-0.2, 0) is 6.42 Å². The molecule has 1 aromatic heterocycles. The van der Waals surface area contributed by atoms with E-state index in [0.29, 0.717) is 5.76 Å². The molecule has 0 aliphatic rings. The van der Waals surface area contributed by atoms with E-state index in [1.165, 1.54) is 0 Å². The molecule has 0 fully saturated rings. The van der Waals surface area contributed by atoms with Gasteiger partial charge >= 0.3 is 5.63 Å². The van der Waals surface area contributed by atoms with Crippen molar-refractivity contribution >= 4 is 5.57 Å². The van der Waals surface area contributed by atoms with Crippen LogP contribution in [-0.4, -0.2) is 0 Å². The molecular formula is C13H18O2. The molecule has 0 aromatic carbocycles. The van der Waals surface area contributed by atoms with E-state index in [0.717, 1.165) is 30.4 Å². The zero-order chi connectivity index (χ0) is 11.3. The molecule has 1 rings (SSSR count). The highest BCUT2D eigenvalue weighted by atomic mass is 16.4. The van der Waals surface area contributed by atoms with E-state index < -0.39 is 0 Å². The second-order valence-electron chi connectivity index (χ2n) is 3.69. The van der Waals surface area contributed by atoms with Gasteiger partial charge in [-0.25, -0.2) is 4.79 Å². The van der Waals surface area contributed by atoms with Gasteiger partial charge in [0.25, 0.3) is 0 Å². The van der Waals surface area contributed by atoms with Crippen molar-refractivity contribution in [1.82, 2.24) is 0 Å². The first-order valence-corrected chi connectivity index (χ1v) is 5.45. The second-order valence-corrected chi connectivity index (χ2v) is 3.69. The van der Waals surface area contributed by atoms with Gasteiger partial charge in [-0.2, -0.15) is 0 Å². The van der Waals surface area contributed by atoms with Crippen LogP contribution in [0.5, 0.6) is 0 Å². The molecule has 1 aromatic rings. The fourth-order valence-corrected chi connectivity index (χ4v) is 1.35. The average Bonchev–Trinajstić information content (AvgIpc) is 2.26. The number of hydrogen-bond acceptors (Lipinski definition) is 2. The molecule has 2 heteroatoms. The average molecular weight is 206 g/mol. The number of aryl methyl sites for hydroxylation is 1. The molecule has 0 spiro atoms. The quantitative estimate of drug-likeness (QED) is 0.755. The Kier molecular flexibility index (Phi) is 4.35. The predicted molar refractivity (Wildman–Crippen MR) is 62.9 cm³/mol. The molecule has 15 heavy (non-hydrogen) atoms. The summed E-state index contributed by atoms with van der Waals surface area (Å²) in [4.78, 5) is 11.6. The summed E-state index contributed by atoms with van der Waals surface area (Å²) in [5, 5.41) is 0. The smallest absolute Gasteiger partial charge is 0.339 e. The largest absolute Gasteiger partial charge is 0.423 e. The molecule has 0 aliphatic heterocycles. The lowest BCUT2D eigenvalue weighted by Gasteiger charge is -2.01. The van der Waals surface area contributed by atoms with E-state index in [1.54, 1.807) is 0 Å². The summed E-state index contributed by atoms with van der Waals surface area (Å²) >= 11 is 0. The zero-order valence-electron chi connectivity index (χ0n) is 9.67. The summed E-state index contributed by atoms with van der Waals surface area (Å²) < 4.78 is 5.23. The summed E-state index contributed by atoms with van der Waals surface area (Å²) in [5.74, 6) is 0.669. The Hall–Kier alpha value is -1.31. The Balaban J connectivity index is 2.93. The summed E-state index contributed by atoms with van der Waals surface area (Å²) in [6.07, 6.45) is 4.87. The lowest BCUT2D eigenvalue weighted by Crippen LogP contribution is -2.07. The first kappa shape index (κ1) is 11.8. The first-order valence-electron chi connectivity index (χ1n) is 5.45. The summed E-state index contributed by atoms with van der Waals surface area (Å²) in [7, 11) is 0. The van der Waals surface area contributed by atoms with Crippen molar-refractivity contribution in [2.45, 2.75) is 40.0 Å². The maximum atomic E-state index is 11.6. The highest BCUT2D eigenvalue weighted by molar-refractivity contribution is 5.58. The molecule has 0 atom stereocenters. The minimum absolute atomic E-state index is 0.192. The topological polar surface area (TPSA) is 30.2 Å². The van der Waals surface area contributed by atoms with Gasteiger partial charge in [0, 0.05) is 5.56 Å². The highest BCUT2D eigenvalue weighted by Crippen LogP contribution is 2.12. The molecule has 82 valence electrons. The third-order valence-electron chi connectivity index (χ3n) is 2.52. The second kappa shape index (κ2) is 5.54. The van der Waals surface area contributed by atoms with Gasteiger partial charge in [0.05, 0.1) is 0 Å². The van der Waals surface area contributed by atoms with Gasteiger partial charge in [-0.15, -0.1) is 0 Å². The van der Waals surface area contributed by atoms with Crippen LogP contribution in [0.25, 0.3) is 5.57 Å². The summed E-state index contributed by atoms with van der Waals surface area (Å²) in [6.45, 7) is 5.98. The van der Waals surface area contributed by atoms with E-state index in [4.69, 9.17) is 4.42 Å². The fraction of sp³-hybridized carbons (Fsp3) is 0.462. The molecule has 2 nitrogen and oxygen atoms in total. The Labute approximate surface area is 90.6 Å². The first-order chi connectivity index (χ1) is 7.19. The molecule has 0 saturated carbocycles. The van der Waals surface area contributed by atoms with E-state index in [-0.39, 0.29) is 5.63 Å². The predicted octanol–water partition coefficient (Wildman–Crippen LogP) is 3.41. The molecule has 0 saturated heterocycles. The molecular weight excluding hydrogens is 188 g/mol. The van der Waals surface area contributed by atoms with E-state index in [1.807, 2.05) is 32.1 Å². The summed E-state index contributed by atoms with van der Waals surface area (Å²) in [6, 6.07) is 3.76. The van der Waals surface area contributed by atoms with Crippen molar-refractivity contribution in [1.29, 1.82) is 0 Å². The third kappa shape index (κ3) is 3.08. The minimum Gasteiger partial charge on any atom is -0.423 e. The van der Waals surface area contributed by atoms with Crippen LogP contribution < -0.4 is 5.63 Å². The molecule has 0 aliphatic carbocycles. The van der Waals surface area contributed by atoms with Crippen molar-refractivity contribution in [2.24, 2.45) is 0 Å². The van der Waals surface area contributed by atoms with Crippen LogP contribution in [0, 0.1) is 0 Å². The van der Waals surface area contributed by atoms with Crippen molar-refractivity contribution in [3.05, 3.63) is 40.0 Å². The van der Waals surface area contributed by atoms with Gasteiger partial charge in [0.15, 0.2) is 0 Å². The fourth-order valence-electron chi connectivity index (χ4n) is 1.35. The molecule has 0 unspecified atom stereocenters. The Morgan fingerprint density at radius 3 is 2.73 bits per heavy atom. The third-order valence-corrected chi connectivity index (χ3v) is 2.52. The van der Waals surface area contributed by atoms with Gasteiger partial charge in [0.2, 0.25) is 0 Å². The molecule has 0 N–H and O–H groups in total. The standard InChI is InChI=1S/C13H18O2/c1-4-6-7-11-8-9-12(10(3)5-2)15-13(11)14/h5,8-9H,4,6-7H2,1-3H3. The maximum absolute atomic E-state index is 11.6. The molecule has 1 heterocycles. The van der Waals surface area contributed by atoms with Crippen molar-refractivity contribution in [3.63, 3.8) is 0 Å². The van der Waals surface area contributed by atoms with Crippen LogP contribution in [0.15, 0.2) is 27.4 Å². The van der Waals surface area contributed by atoms with E-state index in [2.05, 4.69) is 6.92 Å². The highest BCUT2D eigenvalue weighted by Gasteiger charge is 2.03. The Morgan fingerprint density at radius 2 is 2.20 bits per heavy atom. The van der Waals surface area contributed by atoms with Crippen LogP contribution in [0.2, 0.25) is 0 Å². The van der Waals surface area contributed by atoms with Gasteiger partial charge < -0.3 is 4.42 Å². The van der Waals surface area contributed by atoms with Gasteiger partial charge in [-0.3, -0.25) is 0 Å². The van der Waals surface area contributed by atoms with Gasteiger partial charge in [-0.1, -0.05) is 19.4 Å². The molecule has 0 radical (unpaired) electrons.